The summed E-state index contributed by atoms with van der Waals surface area (Å²) in [6, 6.07) is 0. The molecule has 0 bridgehead atoms. The summed E-state index contributed by atoms with van der Waals surface area (Å²) < 4.78 is 27.7. The van der Waals surface area contributed by atoms with Crippen LogP contribution in [0.4, 0.5) is 0 Å². The summed E-state index contributed by atoms with van der Waals surface area (Å²) in [5.74, 6) is 0.396. The van der Waals surface area contributed by atoms with Crippen LogP contribution >= 0.6 is 0 Å². The van der Waals surface area contributed by atoms with Gasteiger partial charge in [-0.05, 0) is 25.2 Å². The summed E-state index contributed by atoms with van der Waals surface area (Å²) in [6.07, 6.45) is 3.21. The molecule has 0 amide bonds. The average Bonchev–Trinajstić information content (AvgIpc) is 2.78. The highest BCUT2D eigenvalue weighted by atomic mass is 16.7. The van der Waals surface area contributed by atoms with Crippen LogP contribution in [0.25, 0.3) is 0 Å². The minimum absolute atomic E-state index is 0.104. The van der Waals surface area contributed by atoms with Crippen molar-refractivity contribution in [1.29, 1.82) is 0 Å². The standard InChI is InChI=1S/C25H39NO9/c1-6-11-19(27)32-18-17-31-25(35-22(30)14-10-16-26(5)15-9-4)24(34-21(29)13-8-3)23(18)33-20(28)12-7-2/h4,18,23-25H,6-8,10-17H2,1-3,5H3/p+1. The van der Waals surface area contributed by atoms with Crippen LogP contribution < -0.4 is 4.90 Å². The monoisotopic (exact) mass is 498 g/mol. The van der Waals surface area contributed by atoms with E-state index < -0.39 is 48.5 Å². The number of hydrogen-bond donors (Lipinski definition) is 1. The van der Waals surface area contributed by atoms with E-state index in [1.54, 1.807) is 0 Å². The van der Waals surface area contributed by atoms with Crippen molar-refractivity contribution >= 4 is 23.9 Å². The Labute approximate surface area is 207 Å². The van der Waals surface area contributed by atoms with E-state index in [4.69, 9.17) is 30.1 Å². The Hall–Kier alpha value is -2.64. The third-order valence-corrected chi connectivity index (χ3v) is 5.20. The smallest absolute Gasteiger partial charge is 0.308 e. The fourth-order valence-electron chi connectivity index (χ4n) is 3.46. The first kappa shape index (κ1) is 30.4. The maximum atomic E-state index is 12.5. The molecule has 1 heterocycles. The van der Waals surface area contributed by atoms with Crippen LogP contribution in [0, 0.1) is 12.3 Å². The van der Waals surface area contributed by atoms with Crippen molar-refractivity contribution < 1.29 is 47.8 Å². The van der Waals surface area contributed by atoms with E-state index in [1.807, 2.05) is 27.8 Å². The molecule has 1 fully saturated rings. The van der Waals surface area contributed by atoms with Crippen molar-refractivity contribution in [2.75, 3.05) is 26.7 Å². The third kappa shape index (κ3) is 11.6. The topological polar surface area (TPSA) is 119 Å². The zero-order valence-electron chi connectivity index (χ0n) is 21.3. The number of esters is 4. The second-order valence-electron chi connectivity index (χ2n) is 8.57. The largest absolute Gasteiger partial charge is 0.456 e. The lowest BCUT2D eigenvalue weighted by atomic mass is 10.0. The van der Waals surface area contributed by atoms with Crippen LogP contribution in [0.5, 0.6) is 0 Å². The third-order valence-electron chi connectivity index (χ3n) is 5.20. The van der Waals surface area contributed by atoms with Crippen LogP contribution in [-0.2, 0) is 42.9 Å². The highest BCUT2D eigenvalue weighted by Gasteiger charge is 2.49. The number of nitrogens with one attached hydrogen (secondary N) is 1. The van der Waals surface area contributed by atoms with E-state index in [1.165, 1.54) is 0 Å². The van der Waals surface area contributed by atoms with Gasteiger partial charge in [-0.25, -0.2) is 0 Å². The molecule has 0 spiro atoms. The highest BCUT2D eigenvalue weighted by Crippen LogP contribution is 2.26. The fourth-order valence-corrected chi connectivity index (χ4v) is 3.46. The summed E-state index contributed by atoms with van der Waals surface area (Å²) in [4.78, 5) is 50.4. The molecule has 0 radical (unpaired) electrons. The van der Waals surface area contributed by atoms with E-state index in [9.17, 15) is 19.2 Å². The quantitative estimate of drug-likeness (QED) is 0.200. The molecule has 1 aliphatic heterocycles. The molecule has 0 aromatic carbocycles. The van der Waals surface area contributed by atoms with Gasteiger partial charge in [0, 0.05) is 25.7 Å². The Morgan fingerprint density at radius 3 is 1.89 bits per heavy atom. The van der Waals surface area contributed by atoms with Gasteiger partial charge in [-0.2, -0.15) is 0 Å². The number of quaternary nitrogens is 1. The molecule has 0 saturated carbocycles. The zero-order valence-corrected chi connectivity index (χ0v) is 21.3. The fraction of sp³-hybridized carbons (Fsp3) is 0.760. The van der Waals surface area contributed by atoms with E-state index in [0.717, 1.165) is 4.90 Å². The van der Waals surface area contributed by atoms with Gasteiger partial charge in [-0.15, -0.1) is 6.42 Å². The number of carbonyl (C=O) groups is 4. The maximum Gasteiger partial charge on any atom is 0.308 e. The van der Waals surface area contributed by atoms with E-state index in [0.29, 0.717) is 38.8 Å². The first-order valence-corrected chi connectivity index (χ1v) is 12.4. The van der Waals surface area contributed by atoms with E-state index in [-0.39, 0.29) is 32.3 Å². The lowest BCUT2D eigenvalue weighted by Crippen LogP contribution is -3.08. The lowest BCUT2D eigenvalue weighted by molar-refractivity contribution is -0.872. The van der Waals surface area contributed by atoms with Gasteiger partial charge in [0.1, 0.15) is 6.54 Å². The van der Waals surface area contributed by atoms with Gasteiger partial charge >= 0.3 is 23.9 Å². The number of carbonyl (C=O) groups excluding carboxylic acids is 4. The number of ether oxygens (including phenoxy) is 5. The SMILES string of the molecule is C#CC[NH+](C)CCCC(=O)OC1OCC(OC(=O)CCC)C(OC(=O)CCC)C1OC(=O)CCC. The summed E-state index contributed by atoms with van der Waals surface area (Å²) in [5.41, 5.74) is 0. The first-order chi connectivity index (χ1) is 16.7. The molecule has 10 nitrogen and oxygen atoms in total. The van der Waals surface area contributed by atoms with Crippen molar-refractivity contribution in [3.05, 3.63) is 0 Å². The van der Waals surface area contributed by atoms with Crippen LogP contribution in [0.3, 0.4) is 0 Å². The molecule has 0 aromatic heterocycles. The molecule has 1 aliphatic rings. The van der Waals surface area contributed by atoms with E-state index in [2.05, 4.69) is 5.92 Å². The molecule has 198 valence electrons. The Balaban J connectivity index is 3.02. The minimum atomic E-state index is -1.31. The Morgan fingerprint density at radius 1 is 0.829 bits per heavy atom. The van der Waals surface area contributed by atoms with Gasteiger partial charge in [0.25, 0.3) is 0 Å². The van der Waals surface area contributed by atoms with Gasteiger partial charge in [-0.3, -0.25) is 19.2 Å². The Morgan fingerprint density at radius 2 is 1.34 bits per heavy atom. The van der Waals surface area contributed by atoms with Crippen molar-refractivity contribution in [2.24, 2.45) is 0 Å². The molecule has 0 aliphatic carbocycles. The average molecular weight is 499 g/mol. The second-order valence-corrected chi connectivity index (χ2v) is 8.57. The Bertz CT molecular complexity index is 733. The van der Waals surface area contributed by atoms with Crippen molar-refractivity contribution in [3.63, 3.8) is 0 Å². The predicted molar refractivity (Wildman–Crippen MR) is 125 cm³/mol. The molecular weight excluding hydrogens is 458 g/mol. The van der Waals surface area contributed by atoms with Crippen molar-refractivity contribution in [1.82, 2.24) is 0 Å². The van der Waals surface area contributed by atoms with Gasteiger partial charge < -0.3 is 28.6 Å². The van der Waals surface area contributed by atoms with Crippen LogP contribution in [0.15, 0.2) is 0 Å². The molecule has 35 heavy (non-hydrogen) atoms. The minimum Gasteiger partial charge on any atom is -0.456 e. The highest BCUT2D eigenvalue weighted by molar-refractivity contribution is 5.72. The first-order valence-electron chi connectivity index (χ1n) is 12.4. The van der Waals surface area contributed by atoms with Crippen LogP contribution in [0.1, 0.15) is 72.1 Å². The van der Waals surface area contributed by atoms with Crippen molar-refractivity contribution in [3.8, 4) is 12.3 Å². The maximum absolute atomic E-state index is 12.5. The number of hydrogen-bond acceptors (Lipinski definition) is 9. The second kappa shape index (κ2) is 16.9. The van der Waals surface area contributed by atoms with Gasteiger partial charge in [0.05, 0.1) is 26.6 Å². The number of terminal acetylenes is 1. The summed E-state index contributed by atoms with van der Waals surface area (Å²) in [6.45, 7) is 6.48. The van der Waals surface area contributed by atoms with Crippen molar-refractivity contribution in [2.45, 2.75) is 96.7 Å². The summed E-state index contributed by atoms with van der Waals surface area (Å²) in [5, 5.41) is 0. The molecule has 0 aromatic rings. The van der Waals surface area contributed by atoms with Gasteiger partial charge in [0.15, 0.2) is 12.2 Å². The van der Waals surface area contributed by atoms with Gasteiger partial charge in [0.2, 0.25) is 12.4 Å². The molecule has 1 saturated heterocycles. The predicted octanol–water partition coefficient (Wildman–Crippen LogP) is 0.950. The van der Waals surface area contributed by atoms with E-state index >= 15 is 0 Å². The lowest BCUT2D eigenvalue weighted by Gasteiger charge is -2.40. The normalized spacial score (nSPS) is 22.4. The molecular formula is C25H40NO9+. The molecule has 1 N–H and O–H groups in total. The zero-order chi connectivity index (χ0) is 26.2. The Kier molecular flexibility index (Phi) is 14.7. The number of rotatable bonds is 15. The molecule has 5 atom stereocenters. The van der Waals surface area contributed by atoms with Crippen LogP contribution in [-0.4, -0.2) is 75.2 Å². The van der Waals surface area contributed by atoms with Gasteiger partial charge in [-0.1, -0.05) is 20.8 Å². The molecule has 5 unspecified atom stereocenters. The summed E-state index contributed by atoms with van der Waals surface area (Å²) >= 11 is 0. The molecule has 1 rings (SSSR count). The van der Waals surface area contributed by atoms with Crippen LogP contribution in [0.2, 0.25) is 0 Å². The summed E-state index contributed by atoms with van der Waals surface area (Å²) in [7, 11) is 1.92. The molecule has 10 heteroatoms.